The number of carbonyl (C=O) groups is 2. The van der Waals surface area contributed by atoms with E-state index in [9.17, 15) is 14.7 Å². The third-order valence-corrected chi connectivity index (χ3v) is 9.30. The number of aromatic amines is 1. The number of aromatic nitrogens is 1. The second-order valence-corrected chi connectivity index (χ2v) is 12.0. The topological polar surface area (TPSA) is 92.2 Å². The largest absolute Gasteiger partial charge is 0.395 e. The number of β-amino-alcohol motifs (C(OH)–C–C–N with tert-alkyl or cyclic N) is 1. The number of fused-ring (bicyclic) bond motifs is 1. The Hall–Kier alpha value is -3.23. The highest BCUT2D eigenvalue weighted by Crippen LogP contribution is 2.39. The summed E-state index contributed by atoms with van der Waals surface area (Å²) in [7, 11) is 0. The highest BCUT2D eigenvalue weighted by Gasteiger charge is 2.52. The van der Waals surface area contributed by atoms with Crippen LogP contribution in [-0.2, 0) is 9.59 Å². The predicted octanol–water partition coefficient (Wildman–Crippen LogP) is 3.06. The van der Waals surface area contributed by atoms with Crippen molar-refractivity contribution in [1.82, 2.24) is 19.7 Å². The van der Waals surface area contributed by atoms with Crippen molar-refractivity contribution in [3.8, 4) is 0 Å². The van der Waals surface area contributed by atoms with Gasteiger partial charge in [-0.1, -0.05) is 24.3 Å². The number of aliphatic hydroxyl groups excluding tert-OH is 1. The van der Waals surface area contributed by atoms with Gasteiger partial charge >= 0.3 is 0 Å². The van der Waals surface area contributed by atoms with Gasteiger partial charge in [0.25, 0.3) is 5.91 Å². The molecule has 2 aromatic rings. The fraction of sp³-hybridized carbons (Fsp3) is 0.516. The van der Waals surface area contributed by atoms with Gasteiger partial charge in [-0.3, -0.25) is 19.5 Å². The van der Waals surface area contributed by atoms with E-state index < -0.39 is 5.54 Å². The number of hydrogen-bond acceptors (Lipinski definition) is 5. The molecule has 2 saturated heterocycles. The Morgan fingerprint density at radius 2 is 1.97 bits per heavy atom. The summed E-state index contributed by atoms with van der Waals surface area (Å²) in [5.74, 6) is 1.94. The van der Waals surface area contributed by atoms with Crippen LogP contribution in [0.4, 0.5) is 0 Å². The molecule has 4 heterocycles. The Morgan fingerprint density at radius 1 is 1.15 bits per heavy atom. The summed E-state index contributed by atoms with van der Waals surface area (Å²) in [5, 5.41) is 10.6. The molecule has 39 heavy (non-hydrogen) atoms. The SMILES string of the molecule is O=C(C1CC1)N1CC(CN2C(=O)C3(CCN(CCO)CC3)N=C2C2C=CC(c3ccc4[nH]ccc4c3)=CC2)C1. The first-order valence-electron chi connectivity index (χ1n) is 14.5. The molecule has 2 amide bonds. The number of aliphatic imine (C=N–C) groups is 1. The lowest BCUT2D eigenvalue weighted by Crippen LogP contribution is -2.57. The molecular weight excluding hydrogens is 490 g/mol. The average molecular weight is 528 g/mol. The Kier molecular flexibility index (Phi) is 6.20. The van der Waals surface area contributed by atoms with E-state index in [-0.39, 0.29) is 24.3 Å². The number of amidine groups is 1. The minimum absolute atomic E-state index is 0.0628. The number of aliphatic hydroxyl groups is 1. The third kappa shape index (κ3) is 4.53. The molecule has 1 spiro atoms. The zero-order valence-electron chi connectivity index (χ0n) is 22.4. The maximum atomic E-state index is 14.0. The summed E-state index contributed by atoms with van der Waals surface area (Å²) in [5.41, 5.74) is 2.84. The molecule has 3 fully saturated rings. The number of carbonyl (C=O) groups excluding carboxylic acids is 2. The molecule has 1 unspecified atom stereocenters. The van der Waals surface area contributed by atoms with Gasteiger partial charge in [-0.25, -0.2) is 0 Å². The summed E-state index contributed by atoms with van der Waals surface area (Å²) in [4.78, 5) is 41.1. The Balaban J connectivity index is 1.09. The lowest BCUT2D eigenvalue weighted by atomic mass is 9.87. The van der Waals surface area contributed by atoms with Crippen molar-refractivity contribution >= 4 is 34.1 Å². The molecule has 8 heteroatoms. The normalized spacial score (nSPS) is 25.4. The molecule has 2 aliphatic carbocycles. The van der Waals surface area contributed by atoms with E-state index in [1.807, 2.05) is 16.0 Å². The van der Waals surface area contributed by atoms with Crippen LogP contribution in [-0.4, -0.2) is 93.9 Å². The Labute approximate surface area is 229 Å². The van der Waals surface area contributed by atoms with Crippen molar-refractivity contribution in [2.45, 2.75) is 37.6 Å². The van der Waals surface area contributed by atoms with Crippen LogP contribution in [0.25, 0.3) is 16.5 Å². The zero-order valence-corrected chi connectivity index (χ0v) is 22.4. The summed E-state index contributed by atoms with van der Waals surface area (Å²) >= 11 is 0. The summed E-state index contributed by atoms with van der Waals surface area (Å²) in [6.07, 6.45) is 12.9. The fourth-order valence-corrected chi connectivity index (χ4v) is 6.73. The molecule has 0 bridgehead atoms. The molecule has 5 aliphatic rings. The summed E-state index contributed by atoms with van der Waals surface area (Å²) < 4.78 is 0. The summed E-state index contributed by atoms with van der Waals surface area (Å²) in [6, 6.07) is 8.58. The maximum absolute atomic E-state index is 14.0. The van der Waals surface area contributed by atoms with Crippen LogP contribution in [0.15, 0.2) is 53.7 Å². The molecular formula is C31H37N5O3. The molecule has 1 aromatic heterocycles. The van der Waals surface area contributed by atoms with Gasteiger partial charge < -0.3 is 19.9 Å². The highest BCUT2D eigenvalue weighted by atomic mass is 16.3. The standard InChI is InChI=1S/C31H37N5O3/c37-16-15-34-13-10-31(11-14-34)30(39)36(20-21-18-35(19-21)29(38)24-5-6-24)28(33-31)23-3-1-22(2-4-23)25-7-8-27-26(17-25)9-12-32-27/h1-3,7-9,12,17,21,23-24,32,37H,4-6,10-11,13-16,18-20H2. The van der Waals surface area contributed by atoms with Crippen LogP contribution >= 0.6 is 0 Å². The zero-order chi connectivity index (χ0) is 26.6. The third-order valence-electron chi connectivity index (χ3n) is 9.30. The van der Waals surface area contributed by atoms with Gasteiger partial charge in [0.15, 0.2) is 0 Å². The first-order chi connectivity index (χ1) is 19.0. The van der Waals surface area contributed by atoms with Crippen LogP contribution < -0.4 is 0 Å². The number of piperidine rings is 1. The lowest BCUT2D eigenvalue weighted by molar-refractivity contribution is -0.140. The van der Waals surface area contributed by atoms with Gasteiger partial charge in [0.2, 0.25) is 5.91 Å². The van der Waals surface area contributed by atoms with Gasteiger partial charge in [0, 0.05) is 68.7 Å². The molecule has 1 atom stereocenters. The second kappa shape index (κ2) is 9.75. The molecule has 8 nitrogen and oxygen atoms in total. The lowest BCUT2D eigenvalue weighted by Gasteiger charge is -2.42. The smallest absolute Gasteiger partial charge is 0.255 e. The number of amides is 2. The van der Waals surface area contributed by atoms with E-state index in [1.165, 1.54) is 16.5 Å². The van der Waals surface area contributed by atoms with Crippen LogP contribution in [0, 0.1) is 17.8 Å². The number of allylic oxidation sites excluding steroid dienone is 3. The minimum atomic E-state index is -0.689. The number of nitrogens with zero attached hydrogens (tertiary/aromatic N) is 4. The van der Waals surface area contributed by atoms with Crippen molar-refractivity contribution in [2.75, 3.05) is 45.9 Å². The van der Waals surface area contributed by atoms with Crippen molar-refractivity contribution in [3.05, 3.63) is 54.3 Å². The van der Waals surface area contributed by atoms with Crippen LogP contribution in [0.3, 0.4) is 0 Å². The molecule has 7 rings (SSSR count). The number of benzene rings is 1. The van der Waals surface area contributed by atoms with E-state index in [2.05, 4.69) is 52.4 Å². The molecule has 1 aromatic carbocycles. The first kappa shape index (κ1) is 24.8. The minimum Gasteiger partial charge on any atom is -0.395 e. The number of rotatable bonds is 7. The van der Waals surface area contributed by atoms with Gasteiger partial charge in [0.05, 0.1) is 6.61 Å². The van der Waals surface area contributed by atoms with Gasteiger partial charge in [-0.05, 0) is 66.8 Å². The second-order valence-electron chi connectivity index (χ2n) is 12.0. The van der Waals surface area contributed by atoms with E-state index in [4.69, 9.17) is 4.99 Å². The molecule has 3 aliphatic heterocycles. The fourth-order valence-electron chi connectivity index (χ4n) is 6.73. The molecule has 204 valence electrons. The predicted molar refractivity (Wildman–Crippen MR) is 151 cm³/mol. The summed E-state index contributed by atoms with van der Waals surface area (Å²) in [6.45, 7) is 4.46. The Bertz CT molecular complexity index is 1370. The van der Waals surface area contributed by atoms with Gasteiger partial charge in [-0.2, -0.15) is 0 Å². The van der Waals surface area contributed by atoms with Gasteiger partial charge in [-0.15, -0.1) is 0 Å². The van der Waals surface area contributed by atoms with E-state index in [0.29, 0.717) is 37.8 Å². The van der Waals surface area contributed by atoms with E-state index in [1.54, 1.807) is 0 Å². The number of hydrogen-bond donors (Lipinski definition) is 2. The quantitative estimate of drug-likeness (QED) is 0.579. The average Bonchev–Trinajstić information content (AvgIpc) is 3.63. The highest BCUT2D eigenvalue weighted by molar-refractivity contribution is 6.10. The van der Waals surface area contributed by atoms with Gasteiger partial charge in [0.1, 0.15) is 11.4 Å². The van der Waals surface area contributed by atoms with Crippen molar-refractivity contribution in [2.24, 2.45) is 22.7 Å². The van der Waals surface area contributed by atoms with E-state index >= 15 is 0 Å². The Morgan fingerprint density at radius 3 is 2.69 bits per heavy atom. The molecule has 2 N–H and O–H groups in total. The van der Waals surface area contributed by atoms with Crippen molar-refractivity contribution in [1.29, 1.82) is 0 Å². The molecule has 0 radical (unpaired) electrons. The number of likely N-dealkylation sites (tertiary alicyclic amines) is 2. The maximum Gasteiger partial charge on any atom is 0.255 e. The van der Waals surface area contributed by atoms with Crippen LogP contribution in [0.5, 0.6) is 0 Å². The van der Waals surface area contributed by atoms with Crippen LogP contribution in [0.2, 0.25) is 0 Å². The van der Waals surface area contributed by atoms with E-state index in [0.717, 1.165) is 56.8 Å². The van der Waals surface area contributed by atoms with Crippen molar-refractivity contribution < 1.29 is 14.7 Å². The molecule has 1 saturated carbocycles. The number of H-pyrrole nitrogens is 1. The monoisotopic (exact) mass is 527 g/mol. The first-order valence-corrected chi connectivity index (χ1v) is 14.5. The van der Waals surface area contributed by atoms with Crippen LogP contribution in [0.1, 0.15) is 37.7 Å². The number of nitrogens with one attached hydrogen (secondary N) is 1. The van der Waals surface area contributed by atoms with Crippen molar-refractivity contribution in [3.63, 3.8) is 0 Å².